The van der Waals surface area contributed by atoms with E-state index >= 15 is 0 Å². The fraction of sp³-hybridized carbons (Fsp3) is 0.350. The normalized spacial score (nSPS) is 11.7. The Morgan fingerprint density at radius 1 is 1.08 bits per heavy atom. The molecule has 0 aromatic heterocycles. The molecule has 0 fully saturated rings. The first-order valence-electron chi connectivity index (χ1n) is 8.28. The summed E-state index contributed by atoms with van der Waals surface area (Å²) in [4.78, 5) is 13.2. The van der Waals surface area contributed by atoms with Crippen LogP contribution in [0.5, 0.6) is 11.5 Å². The van der Waals surface area contributed by atoms with E-state index in [2.05, 4.69) is 19.2 Å². The fourth-order valence-corrected chi connectivity index (χ4v) is 3.09. The number of carbonyl (C=O) groups is 1. The van der Waals surface area contributed by atoms with Gasteiger partial charge >= 0.3 is 0 Å². The Bertz CT molecular complexity index is 701. The van der Waals surface area contributed by atoms with E-state index in [1.165, 1.54) is 22.9 Å². The second-order valence-electron chi connectivity index (χ2n) is 5.82. The van der Waals surface area contributed by atoms with Crippen LogP contribution >= 0.6 is 11.8 Å². The van der Waals surface area contributed by atoms with Crippen LogP contribution in [0.4, 0.5) is 0 Å². The number of hydrogen-bond acceptors (Lipinski definition) is 4. The maximum Gasteiger partial charge on any atom is 0.233 e. The van der Waals surface area contributed by atoms with Gasteiger partial charge in [-0.25, -0.2) is 0 Å². The van der Waals surface area contributed by atoms with Crippen LogP contribution in [-0.4, -0.2) is 31.4 Å². The molecule has 0 aliphatic heterocycles. The number of thioether (sulfide) groups is 1. The third-order valence-corrected chi connectivity index (χ3v) is 5.00. The van der Waals surface area contributed by atoms with Crippen molar-refractivity contribution < 1.29 is 14.3 Å². The number of benzene rings is 2. The highest BCUT2D eigenvalue weighted by Gasteiger charge is 2.13. The van der Waals surface area contributed by atoms with Gasteiger partial charge in [0.05, 0.1) is 18.9 Å². The van der Waals surface area contributed by atoms with Gasteiger partial charge in [0.25, 0.3) is 0 Å². The van der Waals surface area contributed by atoms with Gasteiger partial charge in [-0.2, -0.15) is 0 Å². The summed E-state index contributed by atoms with van der Waals surface area (Å²) >= 11 is 1.52. The van der Waals surface area contributed by atoms with Crippen molar-refractivity contribution in [1.82, 2.24) is 5.32 Å². The lowest BCUT2D eigenvalue weighted by Crippen LogP contribution is -2.33. The van der Waals surface area contributed by atoms with E-state index in [4.69, 9.17) is 9.47 Å². The maximum atomic E-state index is 12.2. The maximum absolute atomic E-state index is 12.2. The first-order valence-corrected chi connectivity index (χ1v) is 9.16. The molecule has 5 heteroatoms. The van der Waals surface area contributed by atoms with Crippen molar-refractivity contribution in [3.05, 3.63) is 53.6 Å². The number of nitrogens with one attached hydrogen (secondary N) is 1. The van der Waals surface area contributed by atoms with Gasteiger partial charge in [-0.15, -0.1) is 11.8 Å². The summed E-state index contributed by atoms with van der Waals surface area (Å²) in [6.45, 7) is 6.96. The molecular weight excluding hydrogens is 334 g/mol. The van der Waals surface area contributed by atoms with E-state index in [0.717, 1.165) is 16.4 Å². The van der Waals surface area contributed by atoms with Gasteiger partial charge in [0.2, 0.25) is 5.91 Å². The molecule has 0 aliphatic carbocycles. The first-order chi connectivity index (χ1) is 12.0. The van der Waals surface area contributed by atoms with Crippen LogP contribution in [0.3, 0.4) is 0 Å². The molecular formula is C20H25NO3S. The summed E-state index contributed by atoms with van der Waals surface area (Å²) < 4.78 is 10.8. The van der Waals surface area contributed by atoms with Crippen LogP contribution in [-0.2, 0) is 4.79 Å². The van der Waals surface area contributed by atoms with Crippen molar-refractivity contribution >= 4 is 17.7 Å². The van der Waals surface area contributed by atoms with Gasteiger partial charge in [0.1, 0.15) is 18.1 Å². The minimum atomic E-state index is -0.171. The number of amides is 1. The standard InChI is InChI=1S/C20H25NO3S/c1-14-5-6-18(13-15(14)2)24-12-11-21-20(22)16(3)25-19-9-7-17(23-4)8-10-19/h5-10,13,16H,11-12H2,1-4H3,(H,21,22)/t16-/m1/s1. The molecule has 134 valence electrons. The van der Waals surface area contributed by atoms with Crippen molar-refractivity contribution in [2.45, 2.75) is 30.9 Å². The first kappa shape index (κ1) is 19.2. The van der Waals surface area contributed by atoms with Crippen LogP contribution in [0.1, 0.15) is 18.1 Å². The van der Waals surface area contributed by atoms with E-state index < -0.39 is 0 Å². The zero-order valence-corrected chi connectivity index (χ0v) is 16.0. The van der Waals surface area contributed by atoms with Gasteiger partial charge < -0.3 is 14.8 Å². The minimum absolute atomic E-state index is 0.00417. The van der Waals surface area contributed by atoms with Crippen LogP contribution in [0, 0.1) is 13.8 Å². The van der Waals surface area contributed by atoms with Crippen molar-refractivity contribution in [1.29, 1.82) is 0 Å². The van der Waals surface area contributed by atoms with Crippen molar-refractivity contribution in [2.75, 3.05) is 20.3 Å². The lowest BCUT2D eigenvalue weighted by atomic mass is 10.1. The molecule has 0 saturated heterocycles. The molecule has 1 N–H and O–H groups in total. The Labute approximate surface area is 153 Å². The molecule has 1 amide bonds. The van der Waals surface area contributed by atoms with Gasteiger partial charge in [0, 0.05) is 4.90 Å². The van der Waals surface area contributed by atoms with E-state index in [1.54, 1.807) is 7.11 Å². The van der Waals surface area contributed by atoms with Crippen LogP contribution < -0.4 is 14.8 Å². The van der Waals surface area contributed by atoms with Crippen molar-refractivity contribution in [3.63, 3.8) is 0 Å². The average molecular weight is 359 g/mol. The number of ether oxygens (including phenoxy) is 2. The highest BCUT2D eigenvalue weighted by Crippen LogP contribution is 2.25. The van der Waals surface area contributed by atoms with Crippen molar-refractivity contribution in [2.24, 2.45) is 0 Å². The van der Waals surface area contributed by atoms with Crippen LogP contribution in [0.15, 0.2) is 47.4 Å². The Kier molecular flexibility index (Phi) is 7.19. The molecule has 0 unspecified atom stereocenters. The second-order valence-corrected chi connectivity index (χ2v) is 7.24. The van der Waals surface area contributed by atoms with Crippen molar-refractivity contribution in [3.8, 4) is 11.5 Å². The quantitative estimate of drug-likeness (QED) is 0.572. The summed E-state index contributed by atoms with van der Waals surface area (Å²) in [6.07, 6.45) is 0. The van der Waals surface area contributed by atoms with Gasteiger partial charge in [-0.1, -0.05) is 6.07 Å². The molecule has 0 spiro atoms. The highest BCUT2D eigenvalue weighted by molar-refractivity contribution is 8.00. The monoisotopic (exact) mass is 359 g/mol. The molecule has 0 heterocycles. The third-order valence-electron chi connectivity index (χ3n) is 3.89. The largest absolute Gasteiger partial charge is 0.497 e. The summed E-state index contributed by atoms with van der Waals surface area (Å²) in [7, 11) is 1.64. The molecule has 1 atom stereocenters. The third kappa shape index (κ3) is 6.02. The predicted molar refractivity (Wildman–Crippen MR) is 103 cm³/mol. The van der Waals surface area contributed by atoms with Crippen LogP contribution in [0.2, 0.25) is 0 Å². The number of rotatable bonds is 8. The van der Waals surface area contributed by atoms with Gasteiger partial charge in [-0.05, 0) is 68.3 Å². The Morgan fingerprint density at radius 3 is 2.40 bits per heavy atom. The summed E-state index contributed by atoms with van der Waals surface area (Å²) in [5.74, 6) is 1.65. The molecule has 0 saturated carbocycles. The zero-order valence-electron chi connectivity index (χ0n) is 15.2. The Morgan fingerprint density at radius 2 is 1.76 bits per heavy atom. The Balaban J connectivity index is 1.72. The SMILES string of the molecule is COc1ccc(S[C@H](C)C(=O)NCCOc2ccc(C)c(C)c2)cc1. The zero-order chi connectivity index (χ0) is 18.2. The summed E-state index contributed by atoms with van der Waals surface area (Å²) in [6, 6.07) is 13.7. The topological polar surface area (TPSA) is 47.6 Å². The minimum Gasteiger partial charge on any atom is -0.497 e. The fourth-order valence-electron chi connectivity index (χ4n) is 2.20. The summed E-state index contributed by atoms with van der Waals surface area (Å²) in [5, 5.41) is 2.74. The van der Waals surface area contributed by atoms with Crippen LogP contribution in [0.25, 0.3) is 0 Å². The lowest BCUT2D eigenvalue weighted by molar-refractivity contribution is -0.120. The molecule has 0 bridgehead atoms. The molecule has 4 nitrogen and oxygen atoms in total. The summed E-state index contributed by atoms with van der Waals surface area (Å²) in [5.41, 5.74) is 2.44. The number of hydrogen-bond donors (Lipinski definition) is 1. The smallest absolute Gasteiger partial charge is 0.233 e. The number of carbonyl (C=O) groups excluding carboxylic acids is 1. The number of aryl methyl sites for hydroxylation is 2. The molecule has 2 rings (SSSR count). The van der Waals surface area contributed by atoms with E-state index in [1.807, 2.05) is 49.4 Å². The van der Waals surface area contributed by atoms with Gasteiger partial charge in [0.15, 0.2) is 0 Å². The predicted octanol–water partition coefficient (Wildman–Crippen LogP) is 3.99. The lowest BCUT2D eigenvalue weighted by Gasteiger charge is -2.13. The van der Waals surface area contributed by atoms with E-state index in [0.29, 0.717) is 13.2 Å². The number of methoxy groups -OCH3 is 1. The Hall–Kier alpha value is -2.14. The highest BCUT2D eigenvalue weighted by atomic mass is 32.2. The molecule has 0 radical (unpaired) electrons. The van der Waals surface area contributed by atoms with Gasteiger partial charge in [-0.3, -0.25) is 4.79 Å². The molecule has 25 heavy (non-hydrogen) atoms. The second kappa shape index (κ2) is 9.37. The van der Waals surface area contributed by atoms with E-state index in [9.17, 15) is 4.79 Å². The molecule has 0 aliphatic rings. The molecule has 2 aromatic rings. The average Bonchev–Trinajstić information content (AvgIpc) is 2.62. The molecule has 2 aromatic carbocycles. The van der Waals surface area contributed by atoms with E-state index in [-0.39, 0.29) is 11.2 Å².